The van der Waals surface area contributed by atoms with Gasteiger partial charge in [-0.15, -0.1) is 0 Å². The molecule has 2 aromatic carbocycles. The first-order chi connectivity index (χ1) is 16.8. The number of hydrogen-bond donors (Lipinski definition) is 1. The third kappa shape index (κ3) is 6.25. The number of carbonyl (C=O) groups is 1. The zero-order valence-corrected chi connectivity index (χ0v) is 20.1. The number of piperazine rings is 1. The maximum atomic E-state index is 12.6. The number of anilines is 1. The average molecular weight is 498 g/mol. The summed E-state index contributed by atoms with van der Waals surface area (Å²) in [6, 6.07) is 15.1. The molecule has 0 saturated carbocycles. The zero-order chi connectivity index (χ0) is 24.8. The van der Waals surface area contributed by atoms with E-state index in [2.05, 4.69) is 14.6 Å². The van der Waals surface area contributed by atoms with Crippen LogP contribution >= 0.6 is 0 Å². The maximum Gasteiger partial charge on any atom is 0.347 e. The van der Waals surface area contributed by atoms with Gasteiger partial charge in [0.1, 0.15) is 12.3 Å². The first-order valence-electron chi connectivity index (χ1n) is 11.1. The molecule has 11 heteroatoms. The number of benzene rings is 2. The van der Waals surface area contributed by atoms with Crippen LogP contribution in [0.25, 0.3) is 0 Å². The fourth-order valence-electron chi connectivity index (χ4n) is 3.81. The number of hydrogen-bond acceptors (Lipinski definition) is 7. The Morgan fingerprint density at radius 2 is 1.71 bits per heavy atom. The summed E-state index contributed by atoms with van der Waals surface area (Å²) in [7, 11) is -2.17. The molecule has 1 aliphatic heterocycles. The molecule has 184 valence electrons. The molecule has 1 fully saturated rings. The van der Waals surface area contributed by atoms with Crippen LogP contribution in [-0.4, -0.2) is 67.0 Å². The molecule has 1 aliphatic rings. The lowest BCUT2D eigenvalue weighted by Crippen LogP contribution is -2.49. The molecule has 1 amide bonds. The van der Waals surface area contributed by atoms with Crippen molar-refractivity contribution in [1.82, 2.24) is 19.4 Å². The molecule has 1 aromatic heterocycles. The van der Waals surface area contributed by atoms with E-state index >= 15 is 0 Å². The topological polar surface area (TPSA) is 114 Å². The van der Waals surface area contributed by atoms with E-state index in [1.165, 1.54) is 30.0 Å². The molecule has 2 heterocycles. The lowest BCUT2D eigenvalue weighted by atomic mass is 10.2. The van der Waals surface area contributed by atoms with Gasteiger partial charge >= 0.3 is 5.69 Å². The van der Waals surface area contributed by atoms with Crippen molar-refractivity contribution in [2.75, 3.05) is 38.0 Å². The minimum Gasteiger partial charge on any atom is -0.497 e. The van der Waals surface area contributed by atoms with Gasteiger partial charge in [0.15, 0.2) is 0 Å². The quantitative estimate of drug-likeness (QED) is 0.500. The molecule has 0 spiro atoms. The lowest BCUT2D eigenvalue weighted by Gasteiger charge is -2.34. The fourth-order valence-corrected chi connectivity index (χ4v) is 4.87. The van der Waals surface area contributed by atoms with Gasteiger partial charge in [-0.05, 0) is 48.0 Å². The van der Waals surface area contributed by atoms with Crippen molar-refractivity contribution in [3.05, 3.63) is 83.0 Å². The second-order valence-electron chi connectivity index (χ2n) is 8.17. The second-order valence-corrected chi connectivity index (χ2v) is 9.85. The predicted octanol–water partition coefficient (Wildman–Crippen LogP) is 1.40. The van der Waals surface area contributed by atoms with Crippen molar-refractivity contribution in [2.45, 2.75) is 18.0 Å². The number of ether oxygens (including phenoxy) is 1. The van der Waals surface area contributed by atoms with Gasteiger partial charge in [0.2, 0.25) is 5.91 Å². The van der Waals surface area contributed by atoms with E-state index in [0.29, 0.717) is 44.2 Å². The van der Waals surface area contributed by atoms with Gasteiger partial charge in [-0.25, -0.2) is 18.2 Å². The lowest BCUT2D eigenvalue weighted by molar-refractivity contribution is -0.133. The summed E-state index contributed by atoms with van der Waals surface area (Å²) in [4.78, 5) is 32.1. The molecule has 3 aromatic rings. The van der Waals surface area contributed by atoms with Crippen LogP contribution in [0.15, 0.2) is 76.7 Å². The Morgan fingerprint density at radius 1 is 1.03 bits per heavy atom. The van der Waals surface area contributed by atoms with Crippen LogP contribution in [0.4, 0.5) is 5.69 Å². The Balaban J connectivity index is 1.28. The highest BCUT2D eigenvalue weighted by atomic mass is 32.2. The Bertz CT molecular complexity index is 1320. The number of amides is 1. The fraction of sp³-hybridized carbons (Fsp3) is 0.292. The van der Waals surface area contributed by atoms with Gasteiger partial charge in [0.05, 0.1) is 12.0 Å². The standard InChI is InChI=1S/C24H27N5O5S/c1-34-21-7-9-22(10-8-21)35(32,33)26-20-5-3-19(4-6-20)17-27-13-15-28(16-14-27)23(30)18-29-12-2-11-25-24(29)31/h2-12,26H,13-18H2,1H3. The second kappa shape index (κ2) is 10.7. The molecule has 10 nitrogen and oxygen atoms in total. The summed E-state index contributed by atoms with van der Waals surface area (Å²) < 4.78 is 34.2. The van der Waals surface area contributed by atoms with Crippen LogP contribution in [0.3, 0.4) is 0 Å². The normalized spacial score (nSPS) is 14.5. The SMILES string of the molecule is COc1ccc(S(=O)(=O)Nc2ccc(CN3CCN(C(=O)Cn4cccnc4=O)CC3)cc2)cc1. The zero-order valence-electron chi connectivity index (χ0n) is 19.3. The van der Waals surface area contributed by atoms with Crippen molar-refractivity contribution in [3.63, 3.8) is 0 Å². The number of sulfonamides is 1. The van der Waals surface area contributed by atoms with Crippen LogP contribution in [0.5, 0.6) is 5.75 Å². The summed E-state index contributed by atoms with van der Waals surface area (Å²) in [5.41, 5.74) is 1.08. The van der Waals surface area contributed by atoms with Crippen LogP contribution in [0, 0.1) is 0 Å². The van der Waals surface area contributed by atoms with E-state index in [-0.39, 0.29) is 17.3 Å². The number of nitrogens with zero attached hydrogens (tertiary/aromatic N) is 4. The van der Waals surface area contributed by atoms with E-state index < -0.39 is 15.7 Å². The van der Waals surface area contributed by atoms with Gasteiger partial charge in [0, 0.05) is 50.8 Å². The summed E-state index contributed by atoms with van der Waals surface area (Å²) in [5, 5.41) is 0. The summed E-state index contributed by atoms with van der Waals surface area (Å²) >= 11 is 0. The van der Waals surface area contributed by atoms with E-state index in [4.69, 9.17) is 4.74 Å². The predicted molar refractivity (Wildman–Crippen MR) is 131 cm³/mol. The summed E-state index contributed by atoms with van der Waals surface area (Å²) in [5.74, 6) is 0.482. The molecule has 0 atom stereocenters. The third-order valence-electron chi connectivity index (χ3n) is 5.80. The number of rotatable bonds is 8. The third-order valence-corrected chi connectivity index (χ3v) is 7.19. The number of aromatic nitrogens is 2. The van der Waals surface area contributed by atoms with Gasteiger partial charge in [-0.3, -0.25) is 19.0 Å². The molecule has 1 saturated heterocycles. The van der Waals surface area contributed by atoms with Crippen molar-refractivity contribution in [1.29, 1.82) is 0 Å². The van der Waals surface area contributed by atoms with Crippen LogP contribution in [0.1, 0.15) is 5.56 Å². The van der Waals surface area contributed by atoms with Crippen LogP contribution < -0.4 is 15.1 Å². The molecule has 0 radical (unpaired) electrons. The van der Waals surface area contributed by atoms with Crippen molar-refractivity contribution >= 4 is 21.6 Å². The minimum absolute atomic E-state index is 0.0133. The summed E-state index contributed by atoms with van der Waals surface area (Å²) in [6.07, 6.45) is 2.97. The highest BCUT2D eigenvalue weighted by Crippen LogP contribution is 2.20. The van der Waals surface area contributed by atoms with E-state index in [0.717, 1.165) is 5.56 Å². The molecule has 4 rings (SSSR count). The maximum absolute atomic E-state index is 12.6. The molecule has 35 heavy (non-hydrogen) atoms. The average Bonchev–Trinajstić information content (AvgIpc) is 2.87. The number of carbonyl (C=O) groups excluding carboxylic acids is 1. The van der Waals surface area contributed by atoms with E-state index in [1.807, 2.05) is 12.1 Å². The van der Waals surface area contributed by atoms with Gasteiger partial charge < -0.3 is 9.64 Å². The first-order valence-corrected chi connectivity index (χ1v) is 12.6. The Labute approximate surface area is 203 Å². The molecule has 0 aliphatic carbocycles. The number of nitrogens with one attached hydrogen (secondary N) is 1. The van der Waals surface area contributed by atoms with Crippen molar-refractivity contribution < 1.29 is 17.9 Å². The largest absolute Gasteiger partial charge is 0.497 e. The van der Waals surface area contributed by atoms with Gasteiger partial charge in [-0.1, -0.05) is 12.1 Å². The molecule has 0 bridgehead atoms. The van der Waals surface area contributed by atoms with Crippen molar-refractivity contribution in [3.8, 4) is 5.75 Å². The van der Waals surface area contributed by atoms with E-state index in [1.54, 1.807) is 41.4 Å². The monoisotopic (exact) mass is 497 g/mol. The van der Waals surface area contributed by atoms with E-state index in [9.17, 15) is 18.0 Å². The highest BCUT2D eigenvalue weighted by molar-refractivity contribution is 7.92. The van der Waals surface area contributed by atoms with Gasteiger partial charge in [-0.2, -0.15) is 0 Å². The smallest absolute Gasteiger partial charge is 0.347 e. The van der Waals surface area contributed by atoms with Gasteiger partial charge in [0.25, 0.3) is 10.0 Å². The van der Waals surface area contributed by atoms with Crippen LogP contribution in [0.2, 0.25) is 0 Å². The van der Waals surface area contributed by atoms with Crippen molar-refractivity contribution in [2.24, 2.45) is 0 Å². The number of methoxy groups -OCH3 is 1. The Hall–Kier alpha value is -3.70. The molecule has 1 N–H and O–H groups in total. The van der Waals surface area contributed by atoms with Crippen LogP contribution in [-0.2, 0) is 27.9 Å². The first kappa shape index (κ1) is 24.4. The Morgan fingerprint density at radius 3 is 2.34 bits per heavy atom. The Kier molecular flexibility index (Phi) is 7.47. The molecule has 0 unspecified atom stereocenters. The minimum atomic E-state index is -3.70. The highest BCUT2D eigenvalue weighted by Gasteiger charge is 2.22. The molecular formula is C24H27N5O5S. The summed E-state index contributed by atoms with van der Waals surface area (Å²) in [6.45, 7) is 3.25. The molecular weight excluding hydrogens is 470 g/mol.